The number of fused-ring (bicyclic) bond motifs is 3. The van der Waals surface area contributed by atoms with Gasteiger partial charge in [0.15, 0.2) is 11.5 Å². The van der Waals surface area contributed by atoms with E-state index in [4.69, 9.17) is 21.1 Å². The number of rotatable bonds is 5. The van der Waals surface area contributed by atoms with Crippen LogP contribution in [0.3, 0.4) is 0 Å². The minimum atomic E-state index is 0.182. The lowest BCUT2D eigenvalue weighted by molar-refractivity contribution is 0.282. The summed E-state index contributed by atoms with van der Waals surface area (Å²) in [7, 11) is 1.68. The Labute approximate surface area is 208 Å². The molecule has 3 aromatic carbocycles. The minimum Gasteiger partial charge on any atom is -0.493 e. The molecule has 5 heteroatoms. The topological polar surface area (TPSA) is 30.5 Å². The van der Waals surface area contributed by atoms with Crippen LogP contribution in [0, 0.1) is 19.8 Å². The van der Waals surface area contributed by atoms with Crippen molar-refractivity contribution in [3.8, 4) is 11.5 Å². The van der Waals surface area contributed by atoms with Gasteiger partial charge in [0, 0.05) is 22.2 Å². The molecule has 0 fully saturated rings. The molecule has 0 unspecified atom stereocenters. The van der Waals surface area contributed by atoms with Crippen LogP contribution in [-0.2, 0) is 6.61 Å². The highest BCUT2D eigenvalue weighted by atomic mass is 79.9. The van der Waals surface area contributed by atoms with Gasteiger partial charge in [-0.05, 0) is 77.0 Å². The van der Waals surface area contributed by atoms with Gasteiger partial charge in [0.2, 0.25) is 0 Å². The van der Waals surface area contributed by atoms with E-state index in [1.165, 1.54) is 27.9 Å². The molecule has 5 rings (SSSR count). The monoisotopic (exact) mass is 523 g/mol. The van der Waals surface area contributed by atoms with Crippen molar-refractivity contribution in [1.29, 1.82) is 0 Å². The van der Waals surface area contributed by atoms with Crippen molar-refractivity contribution >= 4 is 33.2 Å². The predicted octanol–water partition coefficient (Wildman–Crippen LogP) is 8.13. The van der Waals surface area contributed by atoms with Crippen molar-refractivity contribution in [2.24, 2.45) is 5.92 Å². The van der Waals surface area contributed by atoms with Crippen molar-refractivity contribution in [2.75, 3.05) is 12.4 Å². The molecule has 0 saturated heterocycles. The molecule has 0 saturated carbocycles. The van der Waals surface area contributed by atoms with E-state index >= 15 is 0 Å². The molecule has 3 aromatic rings. The summed E-state index contributed by atoms with van der Waals surface area (Å²) >= 11 is 10.1. The van der Waals surface area contributed by atoms with Crippen molar-refractivity contribution in [2.45, 2.75) is 38.8 Å². The van der Waals surface area contributed by atoms with E-state index in [1.54, 1.807) is 7.11 Å². The summed E-state index contributed by atoms with van der Waals surface area (Å²) in [5.41, 5.74) is 7.40. The zero-order valence-electron chi connectivity index (χ0n) is 19.0. The van der Waals surface area contributed by atoms with Crippen LogP contribution in [0.1, 0.15) is 46.2 Å². The summed E-state index contributed by atoms with van der Waals surface area (Å²) in [4.78, 5) is 0. The van der Waals surface area contributed by atoms with Gasteiger partial charge in [0.25, 0.3) is 0 Å². The zero-order chi connectivity index (χ0) is 23.1. The third-order valence-corrected chi connectivity index (χ3v) is 7.71. The molecular weight excluding hydrogens is 498 g/mol. The van der Waals surface area contributed by atoms with Crippen molar-refractivity contribution in [3.63, 3.8) is 0 Å². The number of anilines is 1. The van der Waals surface area contributed by atoms with Crippen molar-refractivity contribution in [1.82, 2.24) is 0 Å². The zero-order valence-corrected chi connectivity index (χ0v) is 21.3. The number of nitrogens with one attached hydrogen (secondary N) is 1. The van der Waals surface area contributed by atoms with E-state index in [2.05, 4.69) is 71.5 Å². The average Bonchev–Trinajstić information content (AvgIpc) is 3.29. The Morgan fingerprint density at radius 3 is 2.73 bits per heavy atom. The lowest BCUT2D eigenvalue weighted by atomic mass is 9.76. The van der Waals surface area contributed by atoms with Gasteiger partial charge in [-0.15, -0.1) is 0 Å². The number of ether oxygens (including phenoxy) is 2. The Balaban J connectivity index is 1.48. The molecule has 0 radical (unpaired) electrons. The second kappa shape index (κ2) is 9.08. The number of hydrogen-bond donors (Lipinski definition) is 1. The van der Waals surface area contributed by atoms with Crippen LogP contribution in [0.5, 0.6) is 11.5 Å². The summed E-state index contributed by atoms with van der Waals surface area (Å²) in [6.07, 6.45) is 5.76. The fourth-order valence-corrected chi connectivity index (χ4v) is 5.99. The molecule has 1 aliphatic heterocycles. The quantitative estimate of drug-likeness (QED) is 0.342. The molecule has 1 aliphatic carbocycles. The first-order valence-electron chi connectivity index (χ1n) is 11.2. The number of hydrogen-bond acceptors (Lipinski definition) is 3. The highest BCUT2D eigenvalue weighted by molar-refractivity contribution is 9.10. The summed E-state index contributed by atoms with van der Waals surface area (Å²) in [5, 5.41) is 4.56. The van der Waals surface area contributed by atoms with E-state index in [9.17, 15) is 0 Å². The molecule has 1 N–H and O–H groups in total. The van der Waals surface area contributed by atoms with Crippen LogP contribution >= 0.6 is 27.5 Å². The fourth-order valence-electron chi connectivity index (χ4n) is 5.23. The number of allylic oxidation sites excluding steroid dienone is 2. The smallest absolute Gasteiger partial charge is 0.175 e. The molecule has 0 amide bonds. The second-order valence-corrected chi connectivity index (χ2v) is 10.2. The highest BCUT2D eigenvalue weighted by Crippen LogP contribution is 2.52. The van der Waals surface area contributed by atoms with Gasteiger partial charge in [0.05, 0.1) is 17.6 Å². The summed E-state index contributed by atoms with van der Waals surface area (Å²) in [6.45, 7) is 4.74. The normalized spacial score (nSPS) is 20.7. The van der Waals surface area contributed by atoms with Gasteiger partial charge in [-0.3, -0.25) is 0 Å². The minimum absolute atomic E-state index is 0.182. The summed E-state index contributed by atoms with van der Waals surface area (Å²) in [5.74, 6) is 2.28. The lowest BCUT2D eigenvalue weighted by Gasteiger charge is -2.39. The third-order valence-electron chi connectivity index (χ3n) is 6.75. The first-order chi connectivity index (χ1) is 16.0. The third kappa shape index (κ3) is 4.15. The van der Waals surface area contributed by atoms with Gasteiger partial charge in [0.1, 0.15) is 6.61 Å². The van der Waals surface area contributed by atoms with E-state index in [0.717, 1.165) is 16.5 Å². The number of methoxy groups -OCH3 is 1. The average molecular weight is 525 g/mol. The lowest BCUT2D eigenvalue weighted by Crippen LogP contribution is -2.29. The fraction of sp³-hybridized carbons (Fsp3) is 0.286. The number of halogens is 2. The maximum Gasteiger partial charge on any atom is 0.175 e. The van der Waals surface area contributed by atoms with E-state index in [-0.39, 0.29) is 6.04 Å². The second-order valence-electron chi connectivity index (χ2n) is 8.94. The Morgan fingerprint density at radius 1 is 1.12 bits per heavy atom. The Hall–Kier alpha value is -2.43. The highest BCUT2D eigenvalue weighted by Gasteiger charge is 2.39. The van der Waals surface area contributed by atoms with E-state index < -0.39 is 0 Å². The maximum absolute atomic E-state index is 6.31. The first-order valence-corrected chi connectivity index (χ1v) is 12.4. The SMILES string of the molecule is COc1cc([C@@H]2Nc3c(C)cc(C)cc3[C@@H]3C=CC[C@@H]32)cc(Br)c1OCc1ccccc1Cl. The van der Waals surface area contributed by atoms with E-state index in [1.807, 2.05) is 24.3 Å². The molecule has 1 heterocycles. The molecule has 33 heavy (non-hydrogen) atoms. The van der Waals surface area contributed by atoms with Gasteiger partial charge < -0.3 is 14.8 Å². The van der Waals surface area contributed by atoms with Crippen molar-refractivity contribution in [3.05, 3.63) is 98.0 Å². The maximum atomic E-state index is 6.31. The van der Waals surface area contributed by atoms with E-state index in [0.29, 0.717) is 35.0 Å². The van der Waals surface area contributed by atoms with Crippen LogP contribution in [-0.4, -0.2) is 7.11 Å². The van der Waals surface area contributed by atoms with Crippen LogP contribution < -0.4 is 14.8 Å². The molecule has 170 valence electrons. The molecule has 3 nitrogen and oxygen atoms in total. The summed E-state index contributed by atoms with van der Waals surface area (Å²) < 4.78 is 12.8. The van der Waals surface area contributed by atoms with Crippen LogP contribution in [0.15, 0.2) is 65.2 Å². The molecular formula is C28H27BrClNO2. The molecule has 0 spiro atoms. The number of aryl methyl sites for hydroxylation is 2. The van der Waals surface area contributed by atoms with Gasteiger partial charge in [-0.25, -0.2) is 0 Å². The molecule has 0 bridgehead atoms. The molecule has 3 atom stereocenters. The standard InChI is InChI=1S/C28H27BrClNO2/c1-16-11-17(2)26-22(12-16)20-8-6-9-21(20)27(31-26)19-13-23(29)28(25(14-19)32-3)33-15-18-7-4-5-10-24(18)30/h4-8,10-14,20-21,27,31H,9,15H2,1-3H3/t20-,21+,27+/m1/s1. The Kier molecular flexibility index (Phi) is 6.15. The Bertz CT molecular complexity index is 1240. The van der Waals surface area contributed by atoms with Crippen LogP contribution in [0.25, 0.3) is 0 Å². The van der Waals surface area contributed by atoms with Crippen molar-refractivity contribution < 1.29 is 9.47 Å². The largest absolute Gasteiger partial charge is 0.493 e. The van der Waals surface area contributed by atoms with Gasteiger partial charge >= 0.3 is 0 Å². The van der Waals surface area contributed by atoms with Gasteiger partial charge in [-0.1, -0.05) is 59.6 Å². The number of benzene rings is 3. The first kappa shape index (κ1) is 22.4. The summed E-state index contributed by atoms with van der Waals surface area (Å²) in [6, 6.07) is 16.8. The molecule has 2 aliphatic rings. The van der Waals surface area contributed by atoms with Gasteiger partial charge in [-0.2, -0.15) is 0 Å². The van der Waals surface area contributed by atoms with Crippen LogP contribution in [0.2, 0.25) is 5.02 Å². The van der Waals surface area contributed by atoms with Crippen LogP contribution in [0.4, 0.5) is 5.69 Å². The Morgan fingerprint density at radius 2 is 1.94 bits per heavy atom. The predicted molar refractivity (Wildman–Crippen MR) is 139 cm³/mol. The molecule has 0 aromatic heterocycles.